The van der Waals surface area contributed by atoms with Crippen molar-refractivity contribution in [3.05, 3.63) is 58.3 Å². The molecule has 20 heavy (non-hydrogen) atoms. The van der Waals surface area contributed by atoms with Crippen molar-refractivity contribution in [2.24, 2.45) is 0 Å². The minimum absolute atomic E-state index is 0.0993. The molecule has 0 aliphatic heterocycles. The number of rotatable bonds is 5. The summed E-state index contributed by atoms with van der Waals surface area (Å²) in [6.45, 7) is 0.339. The van der Waals surface area contributed by atoms with Gasteiger partial charge in [-0.25, -0.2) is 4.98 Å². The highest BCUT2D eigenvalue weighted by atomic mass is 35.5. The second kappa shape index (κ2) is 7.12. The Morgan fingerprint density at radius 3 is 2.85 bits per heavy atom. The fourth-order valence-corrected chi connectivity index (χ4v) is 1.99. The van der Waals surface area contributed by atoms with Gasteiger partial charge in [0.15, 0.2) is 19.0 Å². The SMILES string of the molecule is O=C(COc1ccc(Cl)cc1Cl)NCc1ccc[nH+]c1. The van der Waals surface area contributed by atoms with Crippen molar-refractivity contribution in [3.63, 3.8) is 0 Å². The largest absolute Gasteiger partial charge is 0.482 e. The van der Waals surface area contributed by atoms with Crippen molar-refractivity contribution in [2.75, 3.05) is 6.61 Å². The number of pyridine rings is 1. The molecule has 0 atom stereocenters. The lowest BCUT2D eigenvalue weighted by atomic mass is 10.3. The van der Waals surface area contributed by atoms with Gasteiger partial charge in [0.2, 0.25) is 0 Å². The predicted molar refractivity (Wildman–Crippen MR) is 76.8 cm³/mol. The first-order valence-electron chi connectivity index (χ1n) is 5.94. The number of nitrogens with one attached hydrogen (secondary N) is 2. The van der Waals surface area contributed by atoms with E-state index in [9.17, 15) is 4.79 Å². The molecule has 2 N–H and O–H groups in total. The number of aromatic amines is 1. The van der Waals surface area contributed by atoms with E-state index < -0.39 is 0 Å². The van der Waals surface area contributed by atoms with Gasteiger partial charge < -0.3 is 10.1 Å². The molecule has 0 aliphatic rings. The van der Waals surface area contributed by atoms with Crippen LogP contribution in [-0.4, -0.2) is 12.5 Å². The first-order chi connectivity index (χ1) is 9.65. The number of halogens is 2. The molecule has 6 heteroatoms. The van der Waals surface area contributed by atoms with Crippen LogP contribution >= 0.6 is 23.2 Å². The summed E-state index contributed by atoms with van der Waals surface area (Å²) in [5.74, 6) is 0.208. The van der Waals surface area contributed by atoms with Crippen molar-refractivity contribution in [1.29, 1.82) is 0 Å². The topological polar surface area (TPSA) is 52.5 Å². The van der Waals surface area contributed by atoms with E-state index >= 15 is 0 Å². The number of hydrogen-bond donors (Lipinski definition) is 1. The molecule has 4 nitrogen and oxygen atoms in total. The molecule has 1 heterocycles. The molecular weight excluding hydrogens is 299 g/mol. The van der Waals surface area contributed by atoms with Gasteiger partial charge in [-0.1, -0.05) is 23.2 Å². The van der Waals surface area contributed by atoms with Gasteiger partial charge in [0, 0.05) is 23.2 Å². The number of aromatic nitrogens is 1. The maximum absolute atomic E-state index is 11.7. The lowest BCUT2D eigenvalue weighted by Crippen LogP contribution is -2.28. The molecule has 2 aromatic rings. The number of amides is 1. The lowest BCUT2D eigenvalue weighted by Gasteiger charge is -2.08. The van der Waals surface area contributed by atoms with E-state index in [-0.39, 0.29) is 12.5 Å². The smallest absolute Gasteiger partial charge is 0.258 e. The molecule has 104 valence electrons. The van der Waals surface area contributed by atoms with E-state index in [0.29, 0.717) is 22.3 Å². The number of H-pyrrole nitrogens is 1. The minimum atomic E-state index is -0.222. The van der Waals surface area contributed by atoms with E-state index in [2.05, 4.69) is 10.3 Å². The molecule has 2 rings (SSSR count). The summed E-state index contributed by atoms with van der Waals surface area (Å²) in [6.07, 6.45) is 3.62. The molecule has 1 aromatic heterocycles. The highest BCUT2D eigenvalue weighted by Gasteiger charge is 2.06. The van der Waals surface area contributed by atoms with Crippen LogP contribution in [0.2, 0.25) is 10.0 Å². The number of ether oxygens (including phenoxy) is 1. The minimum Gasteiger partial charge on any atom is -0.482 e. The zero-order valence-corrected chi connectivity index (χ0v) is 12.0. The molecule has 1 amide bonds. The maximum Gasteiger partial charge on any atom is 0.258 e. The van der Waals surface area contributed by atoms with Crippen LogP contribution in [0.3, 0.4) is 0 Å². The Morgan fingerprint density at radius 1 is 1.30 bits per heavy atom. The molecule has 0 radical (unpaired) electrons. The fourth-order valence-electron chi connectivity index (χ4n) is 1.53. The molecule has 0 bridgehead atoms. The van der Waals surface area contributed by atoms with Crippen molar-refractivity contribution in [2.45, 2.75) is 6.54 Å². The van der Waals surface area contributed by atoms with Gasteiger partial charge in [0.05, 0.1) is 5.02 Å². The fraction of sp³-hybridized carbons (Fsp3) is 0.143. The second-order valence-electron chi connectivity index (χ2n) is 4.05. The van der Waals surface area contributed by atoms with Gasteiger partial charge in [0.1, 0.15) is 5.75 Å². The zero-order chi connectivity index (χ0) is 14.4. The Bertz CT molecular complexity index is 591. The average molecular weight is 312 g/mol. The summed E-state index contributed by atoms with van der Waals surface area (Å²) >= 11 is 11.7. The van der Waals surface area contributed by atoms with Crippen LogP contribution in [0.25, 0.3) is 0 Å². The van der Waals surface area contributed by atoms with E-state index in [4.69, 9.17) is 27.9 Å². The number of carbonyl (C=O) groups excluding carboxylic acids is 1. The van der Waals surface area contributed by atoms with Crippen LogP contribution in [0.1, 0.15) is 5.56 Å². The van der Waals surface area contributed by atoms with Gasteiger partial charge in [0.25, 0.3) is 5.91 Å². The van der Waals surface area contributed by atoms with Crippen LogP contribution in [0.15, 0.2) is 42.7 Å². The summed E-state index contributed by atoms with van der Waals surface area (Å²) in [7, 11) is 0. The van der Waals surface area contributed by atoms with Crippen LogP contribution in [-0.2, 0) is 11.3 Å². The van der Waals surface area contributed by atoms with Gasteiger partial charge in [-0.05, 0) is 24.3 Å². The van der Waals surface area contributed by atoms with E-state index in [0.717, 1.165) is 5.56 Å². The van der Waals surface area contributed by atoms with Crippen LogP contribution in [0.5, 0.6) is 5.75 Å². The lowest BCUT2D eigenvalue weighted by molar-refractivity contribution is -0.378. The number of benzene rings is 1. The summed E-state index contributed by atoms with van der Waals surface area (Å²) in [5.41, 5.74) is 0.977. The van der Waals surface area contributed by atoms with Gasteiger partial charge in [-0.15, -0.1) is 0 Å². The molecule has 0 aliphatic carbocycles. The van der Waals surface area contributed by atoms with E-state index in [1.165, 1.54) is 0 Å². The Hall–Kier alpha value is -1.78. The second-order valence-corrected chi connectivity index (χ2v) is 4.90. The molecule has 0 saturated carbocycles. The van der Waals surface area contributed by atoms with Crippen LogP contribution in [0.4, 0.5) is 0 Å². The summed E-state index contributed by atoms with van der Waals surface area (Å²) in [5, 5.41) is 3.65. The van der Waals surface area contributed by atoms with E-state index in [1.54, 1.807) is 24.4 Å². The molecule has 1 aromatic carbocycles. The zero-order valence-electron chi connectivity index (χ0n) is 10.5. The third kappa shape index (κ3) is 4.40. The molecule has 0 spiro atoms. The Kier molecular flexibility index (Phi) is 5.21. The quantitative estimate of drug-likeness (QED) is 0.922. The van der Waals surface area contributed by atoms with Crippen LogP contribution in [0, 0.1) is 0 Å². The Balaban J connectivity index is 1.80. The van der Waals surface area contributed by atoms with Gasteiger partial charge in [-0.3, -0.25) is 4.79 Å². The Morgan fingerprint density at radius 2 is 2.15 bits per heavy atom. The molecule has 0 saturated heterocycles. The van der Waals surface area contributed by atoms with Crippen molar-refractivity contribution >= 4 is 29.1 Å². The normalized spacial score (nSPS) is 10.1. The highest BCUT2D eigenvalue weighted by Crippen LogP contribution is 2.27. The van der Waals surface area contributed by atoms with E-state index in [1.807, 2.05) is 18.3 Å². The Labute approximate surface area is 126 Å². The van der Waals surface area contributed by atoms with Crippen LogP contribution < -0.4 is 15.0 Å². The van der Waals surface area contributed by atoms with Crippen molar-refractivity contribution in [3.8, 4) is 5.75 Å². The third-order valence-corrected chi connectivity index (χ3v) is 3.04. The monoisotopic (exact) mass is 311 g/mol. The third-order valence-electron chi connectivity index (χ3n) is 2.51. The average Bonchev–Trinajstić information content (AvgIpc) is 2.45. The highest BCUT2D eigenvalue weighted by molar-refractivity contribution is 6.35. The summed E-state index contributed by atoms with van der Waals surface area (Å²) in [6, 6.07) is 8.62. The first-order valence-corrected chi connectivity index (χ1v) is 6.70. The summed E-state index contributed by atoms with van der Waals surface area (Å²) in [4.78, 5) is 14.6. The van der Waals surface area contributed by atoms with Crippen molar-refractivity contribution < 1.29 is 14.5 Å². The molecule has 0 unspecified atom stereocenters. The number of carbonyl (C=O) groups is 1. The molecule has 0 fully saturated rings. The maximum atomic E-state index is 11.7. The van der Waals surface area contributed by atoms with Gasteiger partial charge >= 0.3 is 0 Å². The van der Waals surface area contributed by atoms with Gasteiger partial charge in [-0.2, -0.15) is 0 Å². The first kappa shape index (κ1) is 14.6. The number of hydrogen-bond acceptors (Lipinski definition) is 2. The standard InChI is InChI=1S/C14H12Cl2N2O2/c15-11-3-4-13(12(16)6-11)20-9-14(19)18-8-10-2-1-5-17-7-10/h1-7H,8-9H2,(H,18,19)/p+1. The van der Waals surface area contributed by atoms with Crippen molar-refractivity contribution in [1.82, 2.24) is 5.32 Å². The summed E-state index contributed by atoms with van der Waals surface area (Å²) < 4.78 is 5.33. The molecular formula is C14H13Cl2N2O2+. The predicted octanol–water partition coefficient (Wildman–Crippen LogP) is 2.50.